The quantitative estimate of drug-likeness (QED) is 0.205. The fourth-order valence-electron chi connectivity index (χ4n) is 7.70. The van der Waals surface area contributed by atoms with Crippen molar-refractivity contribution in [1.82, 2.24) is 9.88 Å². The van der Waals surface area contributed by atoms with Gasteiger partial charge in [-0.1, -0.05) is 103 Å². The molecule has 0 saturated heterocycles. The molecule has 1 atom stereocenters. The number of nitrogens with zero attached hydrogens (tertiary/aromatic N) is 3. The van der Waals surface area contributed by atoms with E-state index in [0.717, 1.165) is 72.1 Å². The number of amidine groups is 2. The maximum Gasteiger partial charge on any atom is 0.163 e. The molecule has 1 N–H and O–H groups in total. The van der Waals surface area contributed by atoms with Crippen LogP contribution in [0.5, 0.6) is 0 Å². The Morgan fingerprint density at radius 2 is 1.16 bits per heavy atom. The van der Waals surface area contributed by atoms with Gasteiger partial charge in [0.05, 0.1) is 16.6 Å². The minimum atomic E-state index is -0.339. The molecule has 4 heterocycles. The third kappa shape index (κ3) is 4.30. The Kier molecular flexibility index (Phi) is 5.92. The van der Waals surface area contributed by atoms with Crippen LogP contribution in [-0.4, -0.2) is 16.2 Å². The van der Waals surface area contributed by atoms with Crippen molar-refractivity contribution < 1.29 is 8.83 Å². The first-order chi connectivity index (χ1) is 25.3. The Labute approximate surface area is 291 Å². The topological polar surface area (TPSA) is 68.0 Å². The molecular formula is C45H28N4O2. The summed E-state index contributed by atoms with van der Waals surface area (Å²) < 4.78 is 15.3. The number of aliphatic imine (C=N–C) groups is 2. The van der Waals surface area contributed by atoms with E-state index in [2.05, 4.69) is 119 Å². The summed E-state index contributed by atoms with van der Waals surface area (Å²) in [5.74, 6) is 1.33. The average Bonchev–Trinajstić information content (AvgIpc) is 3.87. The average molecular weight is 657 g/mol. The lowest BCUT2D eigenvalue weighted by molar-refractivity contribution is 0.662. The van der Waals surface area contributed by atoms with Crippen LogP contribution >= 0.6 is 0 Å². The number of furan rings is 2. The lowest BCUT2D eigenvalue weighted by Crippen LogP contribution is -2.33. The van der Waals surface area contributed by atoms with Gasteiger partial charge >= 0.3 is 0 Å². The highest BCUT2D eigenvalue weighted by molar-refractivity contribution is 6.20. The van der Waals surface area contributed by atoms with Crippen molar-refractivity contribution in [2.75, 3.05) is 0 Å². The number of fused-ring (bicyclic) bond motifs is 9. The summed E-state index contributed by atoms with van der Waals surface area (Å²) in [5.41, 5.74) is 9.46. The number of benzene rings is 7. The van der Waals surface area contributed by atoms with E-state index >= 15 is 0 Å². The molecule has 0 aliphatic carbocycles. The van der Waals surface area contributed by atoms with Crippen molar-refractivity contribution in [1.29, 1.82) is 0 Å². The number of rotatable bonds is 4. The van der Waals surface area contributed by atoms with Crippen LogP contribution in [0.2, 0.25) is 0 Å². The van der Waals surface area contributed by atoms with E-state index in [1.807, 2.05) is 48.5 Å². The summed E-state index contributed by atoms with van der Waals surface area (Å²) in [7, 11) is 0. The van der Waals surface area contributed by atoms with Gasteiger partial charge in [0.25, 0.3) is 0 Å². The van der Waals surface area contributed by atoms with E-state index in [9.17, 15) is 0 Å². The molecule has 7 aromatic carbocycles. The highest BCUT2D eigenvalue weighted by atomic mass is 16.3. The van der Waals surface area contributed by atoms with Crippen molar-refractivity contribution in [2.24, 2.45) is 9.98 Å². The van der Waals surface area contributed by atoms with Crippen molar-refractivity contribution in [3.63, 3.8) is 0 Å². The van der Waals surface area contributed by atoms with Crippen molar-refractivity contribution >= 4 is 77.4 Å². The molecule has 0 fully saturated rings. The highest BCUT2D eigenvalue weighted by Gasteiger charge is 2.24. The molecular weight excluding hydrogens is 629 g/mol. The third-order valence-corrected chi connectivity index (χ3v) is 10.1. The molecule has 6 nitrogen and oxygen atoms in total. The van der Waals surface area contributed by atoms with E-state index in [0.29, 0.717) is 5.84 Å². The van der Waals surface area contributed by atoms with Crippen LogP contribution in [0.4, 0.5) is 0 Å². The van der Waals surface area contributed by atoms with Crippen molar-refractivity contribution in [3.05, 3.63) is 174 Å². The molecule has 240 valence electrons. The lowest BCUT2D eigenvalue weighted by atomic mass is 10.1. The number of hydrogen-bond donors (Lipinski definition) is 1. The van der Waals surface area contributed by atoms with E-state index in [-0.39, 0.29) is 6.17 Å². The first-order valence-electron chi connectivity index (χ1n) is 17.1. The number of para-hydroxylation sites is 4. The molecule has 10 aromatic rings. The van der Waals surface area contributed by atoms with E-state index in [1.165, 1.54) is 21.8 Å². The molecule has 51 heavy (non-hydrogen) atoms. The van der Waals surface area contributed by atoms with E-state index in [1.54, 1.807) is 0 Å². The molecule has 0 amide bonds. The van der Waals surface area contributed by atoms with Gasteiger partial charge in [-0.05, 0) is 54.1 Å². The second kappa shape index (κ2) is 10.8. The Hall–Kier alpha value is -6.92. The van der Waals surface area contributed by atoms with Gasteiger partial charge in [-0.3, -0.25) is 0 Å². The molecule has 0 radical (unpaired) electrons. The molecule has 1 aliphatic heterocycles. The molecule has 3 aromatic heterocycles. The summed E-state index contributed by atoms with van der Waals surface area (Å²) in [6, 6.07) is 54.5. The Balaban J connectivity index is 1.04. The zero-order chi connectivity index (χ0) is 33.5. The summed E-state index contributed by atoms with van der Waals surface area (Å²) in [4.78, 5) is 10.3. The van der Waals surface area contributed by atoms with Gasteiger partial charge in [-0.25, -0.2) is 9.98 Å². The van der Waals surface area contributed by atoms with Crippen LogP contribution in [0.1, 0.15) is 22.9 Å². The van der Waals surface area contributed by atoms with Crippen molar-refractivity contribution in [2.45, 2.75) is 6.17 Å². The van der Waals surface area contributed by atoms with E-state index in [4.69, 9.17) is 18.8 Å². The van der Waals surface area contributed by atoms with E-state index < -0.39 is 0 Å². The smallest absolute Gasteiger partial charge is 0.163 e. The molecule has 1 unspecified atom stereocenters. The number of aromatic nitrogens is 1. The fourth-order valence-corrected chi connectivity index (χ4v) is 7.70. The predicted octanol–water partition coefficient (Wildman–Crippen LogP) is 11.1. The Morgan fingerprint density at radius 1 is 0.510 bits per heavy atom. The third-order valence-electron chi connectivity index (χ3n) is 10.1. The zero-order valence-corrected chi connectivity index (χ0v) is 27.2. The maximum absolute atomic E-state index is 6.62. The summed E-state index contributed by atoms with van der Waals surface area (Å²) >= 11 is 0. The normalized spacial score (nSPS) is 14.9. The first-order valence-corrected chi connectivity index (χ1v) is 17.1. The summed E-state index contributed by atoms with van der Waals surface area (Å²) in [6.45, 7) is 0. The van der Waals surface area contributed by atoms with Crippen LogP contribution in [-0.2, 0) is 0 Å². The van der Waals surface area contributed by atoms with Gasteiger partial charge in [0.2, 0.25) is 0 Å². The maximum atomic E-state index is 6.62. The molecule has 11 rings (SSSR count). The van der Waals surface area contributed by atoms with Gasteiger partial charge in [-0.2, -0.15) is 0 Å². The predicted molar refractivity (Wildman–Crippen MR) is 207 cm³/mol. The first kappa shape index (κ1) is 28.0. The molecule has 0 spiro atoms. The van der Waals surface area contributed by atoms with Gasteiger partial charge in [0, 0.05) is 49.6 Å². The second-order valence-electron chi connectivity index (χ2n) is 13.0. The van der Waals surface area contributed by atoms with Crippen molar-refractivity contribution in [3.8, 4) is 5.69 Å². The van der Waals surface area contributed by atoms with Gasteiger partial charge < -0.3 is 18.7 Å². The van der Waals surface area contributed by atoms with Gasteiger partial charge in [-0.15, -0.1) is 0 Å². The molecule has 1 aliphatic rings. The van der Waals surface area contributed by atoms with Crippen LogP contribution in [0.3, 0.4) is 0 Å². The summed E-state index contributed by atoms with van der Waals surface area (Å²) in [6.07, 6.45) is -0.339. The van der Waals surface area contributed by atoms with Gasteiger partial charge in [0.15, 0.2) is 5.84 Å². The lowest BCUT2D eigenvalue weighted by Gasteiger charge is -2.23. The highest BCUT2D eigenvalue weighted by Crippen LogP contribution is 2.37. The molecule has 0 bridgehead atoms. The molecule has 6 heteroatoms. The monoisotopic (exact) mass is 656 g/mol. The van der Waals surface area contributed by atoms with Crippen LogP contribution < -0.4 is 5.32 Å². The standard InChI is InChI=1S/C45H28N4O2/c1-2-11-27(12-3-1)43-46-44(48-45(47-43)36-17-10-16-35-32-15-6-9-20-39(32)51-42(35)36)28-21-23-33-34-24-22-29(26-41(34)50-40(33)25-28)49-37-18-7-4-13-30(37)31-14-5-8-19-38(31)49/h1-26,43H,(H,46,47,48). The number of hydrogen-bond acceptors (Lipinski definition) is 5. The molecule has 0 saturated carbocycles. The second-order valence-corrected chi connectivity index (χ2v) is 13.0. The SMILES string of the molecule is c1ccc(C2N=C(c3cccc4c3oc3ccccc34)N=C(c3ccc4c(c3)oc3cc(-n5c6ccccc6c6ccccc65)ccc34)N2)cc1. The zero-order valence-electron chi connectivity index (χ0n) is 27.2. The minimum absolute atomic E-state index is 0.339. The van der Waals surface area contributed by atoms with Gasteiger partial charge in [0.1, 0.15) is 34.3 Å². The largest absolute Gasteiger partial charge is 0.456 e. The summed E-state index contributed by atoms with van der Waals surface area (Å²) in [5, 5.41) is 10.3. The fraction of sp³-hybridized carbons (Fsp3) is 0.0222. The van der Waals surface area contributed by atoms with Crippen LogP contribution in [0, 0.1) is 0 Å². The van der Waals surface area contributed by atoms with Crippen LogP contribution in [0.15, 0.2) is 177 Å². The Bertz CT molecular complexity index is 3020. The number of nitrogens with one attached hydrogen (secondary N) is 1. The Morgan fingerprint density at radius 3 is 1.96 bits per heavy atom. The minimum Gasteiger partial charge on any atom is -0.456 e. The van der Waals surface area contributed by atoms with Crippen LogP contribution in [0.25, 0.3) is 71.4 Å².